The van der Waals surface area contributed by atoms with Crippen molar-refractivity contribution in [3.05, 3.63) is 65.7 Å². The molecule has 0 N–H and O–H groups in total. The molecule has 1 amide bonds. The molecule has 2 heterocycles. The molecular formula is C32H44F3N3O4S. The minimum absolute atomic E-state index is 0.0549. The van der Waals surface area contributed by atoms with Crippen molar-refractivity contribution in [3.63, 3.8) is 0 Å². The average Bonchev–Trinajstić information content (AvgIpc) is 2.94. The maximum atomic E-state index is 12.9. The molecule has 43 heavy (non-hydrogen) atoms. The van der Waals surface area contributed by atoms with Crippen molar-refractivity contribution in [1.82, 2.24) is 14.7 Å². The van der Waals surface area contributed by atoms with E-state index >= 15 is 0 Å². The number of hydrogen-bond acceptors (Lipinski definition) is 6. The monoisotopic (exact) mass is 623 g/mol. The average molecular weight is 624 g/mol. The first kappa shape index (κ1) is 34.7. The number of sulfone groups is 1. The number of hydrogen-bond donors (Lipinski definition) is 0. The maximum absolute atomic E-state index is 12.9. The lowest BCUT2D eigenvalue weighted by molar-refractivity contribution is -0.130. The quantitative estimate of drug-likeness (QED) is 0.392. The fourth-order valence-electron chi connectivity index (χ4n) is 5.90. The van der Waals surface area contributed by atoms with Crippen LogP contribution in [0.5, 0.6) is 0 Å². The second-order valence-electron chi connectivity index (χ2n) is 12.5. The minimum Gasteiger partial charge on any atom is -0.343 e. The number of piperazine rings is 1. The third-order valence-electron chi connectivity index (χ3n) is 8.46. The summed E-state index contributed by atoms with van der Waals surface area (Å²) in [6.07, 6.45) is 3.61. The van der Waals surface area contributed by atoms with Crippen molar-refractivity contribution in [2.75, 3.05) is 39.8 Å². The van der Waals surface area contributed by atoms with Crippen LogP contribution in [-0.4, -0.2) is 86.6 Å². The molecule has 0 radical (unpaired) electrons. The first-order chi connectivity index (χ1) is 20.1. The third kappa shape index (κ3) is 8.89. The van der Waals surface area contributed by atoms with E-state index in [2.05, 4.69) is 37.6 Å². The Morgan fingerprint density at radius 2 is 1.49 bits per heavy atom. The highest BCUT2D eigenvalue weighted by Gasteiger charge is 2.47. The van der Waals surface area contributed by atoms with E-state index < -0.39 is 20.2 Å². The molecule has 4 rings (SSSR count). The fraction of sp³-hybridized carbons (Fsp3) is 0.562. The Labute approximate surface area is 254 Å². The SMILES string of the molecule is CC(=O)N1CCC(CC=O)CC1.CN1CCN(C(c2ccccc2)c2ccc(S(=O)(=O)C(F)(F)F)cc2)CC1C(C)(C)C. The van der Waals surface area contributed by atoms with Gasteiger partial charge in [0, 0.05) is 52.1 Å². The Balaban J connectivity index is 0.000000353. The summed E-state index contributed by atoms with van der Waals surface area (Å²) in [5, 5.41) is 0. The van der Waals surface area contributed by atoms with Crippen LogP contribution in [-0.2, 0) is 19.4 Å². The maximum Gasteiger partial charge on any atom is 0.501 e. The number of likely N-dealkylation sites (tertiary alicyclic amines) is 1. The second-order valence-corrected chi connectivity index (χ2v) is 14.5. The number of piperidine rings is 1. The summed E-state index contributed by atoms with van der Waals surface area (Å²) >= 11 is 0. The van der Waals surface area contributed by atoms with E-state index in [0.29, 0.717) is 18.4 Å². The van der Waals surface area contributed by atoms with Crippen LogP contribution in [0.2, 0.25) is 0 Å². The molecule has 0 aliphatic carbocycles. The Hall–Kier alpha value is -2.76. The van der Waals surface area contributed by atoms with Gasteiger partial charge in [0.05, 0.1) is 10.9 Å². The van der Waals surface area contributed by atoms with Gasteiger partial charge in [-0.1, -0.05) is 63.2 Å². The highest BCUT2D eigenvalue weighted by molar-refractivity contribution is 7.92. The number of halogens is 3. The predicted octanol–water partition coefficient (Wildman–Crippen LogP) is 5.57. The lowest BCUT2D eigenvalue weighted by Gasteiger charge is -2.48. The van der Waals surface area contributed by atoms with Gasteiger partial charge < -0.3 is 14.6 Å². The van der Waals surface area contributed by atoms with Gasteiger partial charge in [-0.05, 0) is 54.5 Å². The first-order valence-electron chi connectivity index (χ1n) is 14.7. The number of nitrogens with zero attached hydrogens (tertiary/aromatic N) is 3. The smallest absolute Gasteiger partial charge is 0.343 e. The number of rotatable bonds is 6. The zero-order valence-electron chi connectivity index (χ0n) is 25.7. The Morgan fingerprint density at radius 1 is 0.930 bits per heavy atom. The lowest BCUT2D eigenvalue weighted by Crippen LogP contribution is -2.57. The normalized spacial score (nSPS) is 20.2. The summed E-state index contributed by atoms with van der Waals surface area (Å²) in [5.74, 6) is 0.664. The second kappa shape index (κ2) is 14.3. The fourth-order valence-corrected chi connectivity index (χ4v) is 6.66. The molecule has 238 valence electrons. The first-order valence-corrected chi connectivity index (χ1v) is 16.1. The molecule has 11 heteroatoms. The zero-order valence-corrected chi connectivity index (χ0v) is 26.5. The van der Waals surface area contributed by atoms with Crippen molar-refractivity contribution in [2.24, 2.45) is 11.3 Å². The van der Waals surface area contributed by atoms with Crippen LogP contribution >= 0.6 is 0 Å². The molecule has 2 aromatic carbocycles. The van der Waals surface area contributed by atoms with E-state index in [1.165, 1.54) is 12.1 Å². The Bertz CT molecular complexity index is 1300. The standard InChI is InChI=1S/C23H29F3N2O2S.C9H15NO2/c1-22(2,3)20-16-28(15-14-27(20)4)21(17-8-6-5-7-9-17)18-10-12-19(13-11-18)31(29,30)23(24,25)26;1-8(12)10-5-2-9(3-6-10)4-7-11/h5-13,20-21H,14-16H2,1-4H3;7,9H,2-6H2,1H3. The van der Waals surface area contributed by atoms with Gasteiger partial charge in [-0.3, -0.25) is 9.69 Å². The molecule has 2 saturated heterocycles. The molecule has 0 aromatic heterocycles. The lowest BCUT2D eigenvalue weighted by atomic mass is 9.83. The van der Waals surface area contributed by atoms with Gasteiger partial charge in [-0.2, -0.15) is 13.2 Å². The van der Waals surface area contributed by atoms with E-state index in [4.69, 9.17) is 0 Å². The van der Waals surface area contributed by atoms with E-state index in [1.54, 1.807) is 6.92 Å². The Morgan fingerprint density at radius 3 is 1.98 bits per heavy atom. The zero-order chi connectivity index (χ0) is 32.0. The number of aldehydes is 1. The van der Waals surface area contributed by atoms with Crippen LogP contribution < -0.4 is 0 Å². The van der Waals surface area contributed by atoms with Crippen LogP contribution in [0.25, 0.3) is 0 Å². The van der Waals surface area contributed by atoms with Crippen LogP contribution in [0, 0.1) is 11.3 Å². The van der Waals surface area contributed by atoms with Gasteiger partial charge >= 0.3 is 5.51 Å². The van der Waals surface area contributed by atoms with Crippen molar-refractivity contribution < 1.29 is 31.2 Å². The molecule has 0 spiro atoms. The molecule has 2 fully saturated rings. The number of amides is 1. The molecule has 7 nitrogen and oxygen atoms in total. The number of carbonyl (C=O) groups excluding carboxylic acids is 2. The molecular weight excluding hydrogens is 579 g/mol. The van der Waals surface area contributed by atoms with Gasteiger partial charge in [-0.15, -0.1) is 0 Å². The Kier molecular flexibility index (Phi) is 11.6. The summed E-state index contributed by atoms with van der Waals surface area (Å²) in [6.45, 7) is 12.3. The summed E-state index contributed by atoms with van der Waals surface area (Å²) in [6, 6.07) is 15.0. The molecule has 0 bridgehead atoms. The highest BCUT2D eigenvalue weighted by atomic mass is 32.2. The number of carbonyl (C=O) groups is 2. The van der Waals surface area contributed by atoms with E-state index in [0.717, 1.165) is 75.1 Å². The summed E-state index contributed by atoms with van der Waals surface area (Å²) in [5.41, 5.74) is -3.47. The summed E-state index contributed by atoms with van der Waals surface area (Å²) in [4.78, 5) is 26.9. The molecule has 0 saturated carbocycles. The number of likely N-dealkylation sites (N-methyl/N-ethyl adjacent to an activating group) is 1. The predicted molar refractivity (Wildman–Crippen MR) is 161 cm³/mol. The molecule has 2 aliphatic heterocycles. The van der Waals surface area contributed by atoms with Crippen molar-refractivity contribution >= 4 is 22.0 Å². The van der Waals surface area contributed by atoms with Crippen LogP contribution in [0.15, 0.2) is 59.5 Å². The van der Waals surface area contributed by atoms with Gasteiger partial charge in [0.25, 0.3) is 9.84 Å². The molecule has 2 unspecified atom stereocenters. The number of benzene rings is 2. The third-order valence-corrected chi connectivity index (χ3v) is 9.96. The van der Waals surface area contributed by atoms with E-state index in [1.807, 2.05) is 35.2 Å². The van der Waals surface area contributed by atoms with Gasteiger partial charge in [0.2, 0.25) is 5.91 Å². The van der Waals surface area contributed by atoms with Gasteiger partial charge in [-0.25, -0.2) is 8.42 Å². The van der Waals surface area contributed by atoms with Crippen molar-refractivity contribution in [1.29, 1.82) is 0 Å². The van der Waals surface area contributed by atoms with Gasteiger partial charge in [0.1, 0.15) is 6.29 Å². The van der Waals surface area contributed by atoms with Gasteiger partial charge in [0.15, 0.2) is 0 Å². The minimum atomic E-state index is -5.36. The number of alkyl halides is 3. The summed E-state index contributed by atoms with van der Waals surface area (Å²) in [7, 11) is -3.25. The van der Waals surface area contributed by atoms with Crippen molar-refractivity contribution in [3.8, 4) is 0 Å². The largest absolute Gasteiger partial charge is 0.501 e. The van der Waals surface area contributed by atoms with Crippen molar-refractivity contribution in [2.45, 2.75) is 69.4 Å². The summed E-state index contributed by atoms with van der Waals surface area (Å²) < 4.78 is 62.3. The van der Waals surface area contributed by atoms with E-state index in [-0.39, 0.29) is 17.4 Å². The van der Waals surface area contributed by atoms with Crippen LogP contribution in [0.4, 0.5) is 13.2 Å². The molecule has 2 aromatic rings. The van der Waals surface area contributed by atoms with Crippen LogP contribution in [0.1, 0.15) is 64.1 Å². The highest BCUT2D eigenvalue weighted by Crippen LogP contribution is 2.36. The van der Waals surface area contributed by atoms with E-state index in [9.17, 15) is 31.2 Å². The topological polar surface area (TPSA) is 78.0 Å². The molecule has 2 aliphatic rings. The molecule has 2 atom stereocenters. The van der Waals surface area contributed by atoms with Crippen LogP contribution in [0.3, 0.4) is 0 Å².